The minimum atomic E-state index is -0.255. The van der Waals surface area contributed by atoms with E-state index in [1.165, 1.54) is 0 Å². The molecule has 2 rings (SSSR count). The van der Waals surface area contributed by atoms with Gasteiger partial charge in [0.05, 0.1) is 6.21 Å². The Bertz CT molecular complexity index is 656. The summed E-state index contributed by atoms with van der Waals surface area (Å²) < 4.78 is 0.902. The maximum absolute atomic E-state index is 11.7. The van der Waals surface area contributed by atoms with Gasteiger partial charge < -0.3 is 10.2 Å². The number of anilines is 1. The van der Waals surface area contributed by atoms with Crippen LogP contribution < -0.4 is 5.32 Å². The lowest BCUT2D eigenvalue weighted by Crippen LogP contribution is -2.16. The van der Waals surface area contributed by atoms with Crippen molar-refractivity contribution in [1.82, 2.24) is 0 Å². The number of oxime groups is 1. The molecule has 0 saturated heterocycles. The predicted molar refractivity (Wildman–Crippen MR) is 87.5 cm³/mol. The lowest BCUT2D eigenvalue weighted by Gasteiger charge is -2.04. The number of halogens is 1. The number of nitrogens with zero attached hydrogens (tertiary/aromatic N) is 1. The zero-order valence-electron chi connectivity index (χ0n) is 11.5. The molecule has 0 fully saturated rings. The van der Waals surface area contributed by atoms with Crippen LogP contribution >= 0.6 is 15.9 Å². The van der Waals surface area contributed by atoms with Crippen LogP contribution in [0.15, 0.2) is 58.2 Å². The molecule has 5 heteroatoms. The highest BCUT2D eigenvalue weighted by molar-refractivity contribution is 9.10. The van der Waals surface area contributed by atoms with E-state index in [4.69, 9.17) is 4.84 Å². The lowest BCUT2D eigenvalue weighted by atomic mass is 10.1. The van der Waals surface area contributed by atoms with Crippen LogP contribution in [0, 0.1) is 6.92 Å². The van der Waals surface area contributed by atoms with Gasteiger partial charge in [0, 0.05) is 10.2 Å². The average Bonchev–Trinajstić information content (AvgIpc) is 2.45. The van der Waals surface area contributed by atoms with Crippen molar-refractivity contribution >= 4 is 33.7 Å². The monoisotopic (exact) mass is 346 g/mol. The van der Waals surface area contributed by atoms with Gasteiger partial charge in [0.25, 0.3) is 5.91 Å². The second-order valence-electron chi connectivity index (χ2n) is 4.42. The SMILES string of the molecule is Cc1ccccc1/C=N\OCC(=O)Nc1cccc(Br)c1. The van der Waals surface area contributed by atoms with Crippen molar-refractivity contribution in [2.45, 2.75) is 6.92 Å². The molecule has 2 aromatic rings. The van der Waals surface area contributed by atoms with Crippen LogP contribution in [0.5, 0.6) is 0 Å². The zero-order valence-corrected chi connectivity index (χ0v) is 13.1. The fourth-order valence-electron chi connectivity index (χ4n) is 1.68. The molecule has 0 aliphatic rings. The second kappa shape index (κ2) is 7.59. The number of aryl methyl sites for hydroxylation is 1. The van der Waals surface area contributed by atoms with Gasteiger partial charge in [0.2, 0.25) is 0 Å². The highest BCUT2D eigenvalue weighted by atomic mass is 79.9. The average molecular weight is 347 g/mol. The van der Waals surface area contributed by atoms with E-state index in [1.54, 1.807) is 12.3 Å². The zero-order chi connectivity index (χ0) is 15.1. The van der Waals surface area contributed by atoms with Gasteiger partial charge in [-0.25, -0.2) is 0 Å². The molecule has 0 spiro atoms. The maximum Gasteiger partial charge on any atom is 0.265 e. The van der Waals surface area contributed by atoms with E-state index in [0.29, 0.717) is 5.69 Å². The summed E-state index contributed by atoms with van der Waals surface area (Å²) in [6.07, 6.45) is 1.60. The molecule has 0 aromatic heterocycles. The Morgan fingerprint density at radius 3 is 2.86 bits per heavy atom. The molecule has 0 bridgehead atoms. The van der Waals surface area contributed by atoms with Gasteiger partial charge in [-0.15, -0.1) is 0 Å². The first-order chi connectivity index (χ1) is 10.1. The van der Waals surface area contributed by atoms with E-state index >= 15 is 0 Å². The van der Waals surface area contributed by atoms with E-state index in [9.17, 15) is 4.79 Å². The summed E-state index contributed by atoms with van der Waals surface area (Å²) in [7, 11) is 0. The molecule has 108 valence electrons. The maximum atomic E-state index is 11.7. The predicted octanol–water partition coefficient (Wildman–Crippen LogP) is 3.75. The number of nitrogens with one attached hydrogen (secondary N) is 1. The molecule has 0 atom stereocenters. The Labute approximate surface area is 131 Å². The normalized spacial score (nSPS) is 10.6. The number of amides is 1. The number of carbonyl (C=O) groups is 1. The Kier molecular flexibility index (Phi) is 5.51. The number of rotatable bonds is 5. The van der Waals surface area contributed by atoms with Crippen LogP contribution in [0.4, 0.5) is 5.69 Å². The number of hydrogen-bond acceptors (Lipinski definition) is 3. The van der Waals surface area contributed by atoms with Crippen LogP contribution in [0.1, 0.15) is 11.1 Å². The van der Waals surface area contributed by atoms with Crippen molar-refractivity contribution in [1.29, 1.82) is 0 Å². The third-order valence-electron chi connectivity index (χ3n) is 2.76. The molecule has 4 nitrogen and oxygen atoms in total. The third kappa shape index (κ3) is 5.04. The summed E-state index contributed by atoms with van der Waals surface area (Å²) in [4.78, 5) is 16.7. The summed E-state index contributed by atoms with van der Waals surface area (Å²) in [6.45, 7) is 1.86. The van der Waals surface area contributed by atoms with Gasteiger partial charge in [0.15, 0.2) is 6.61 Å². The third-order valence-corrected chi connectivity index (χ3v) is 3.25. The fourth-order valence-corrected chi connectivity index (χ4v) is 2.08. The molecule has 0 unspecified atom stereocenters. The molecule has 1 N–H and O–H groups in total. The Morgan fingerprint density at radius 1 is 1.29 bits per heavy atom. The molecule has 0 saturated carbocycles. The van der Waals surface area contributed by atoms with Crippen molar-refractivity contribution in [3.8, 4) is 0 Å². The van der Waals surface area contributed by atoms with E-state index in [2.05, 4.69) is 26.4 Å². The first kappa shape index (κ1) is 15.3. The standard InChI is InChI=1S/C16H15BrN2O2/c1-12-5-2-3-6-13(12)10-18-21-11-16(20)19-15-8-4-7-14(17)9-15/h2-10H,11H2,1H3,(H,19,20)/b18-10-. The molecule has 1 amide bonds. The minimum Gasteiger partial charge on any atom is -0.386 e. The molecule has 0 heterocycles. The molecule has 0 aliphatic heterocycles. The second-order valence-corrected chi connectivity index (χ2v) is 5.34. The van der Waals surface area contributed by atoms with Crippen molar-refractivity contribution in [2.24, 2.45) is 5.16 Å². The smallest absolute Gasteiger partial charge is 0.265 e. The minimum absolute atomic E-state index is 0.130. The van der Waals surface area contributed by atoms with Crippen LogP contribution in [0.2, 0.25) is 0 Å². The Hall–Kier alpha value is -2.14. The van der Waals surface area contributed by atoms with E-state index in [-0.39, 0.29) is 12.5 Å². The lowest BCUT2D eigenvalue weighted by molar-refractivity contribution is -0.120. The van der Waals surface area contributed by atoms with Gasteiger partial charge in [-0.3, -0.25) is 4.79 Å². The number of benzene rings is 2. The van der Waals surface area contributed by atoms with Crippen LogP contribution in [-0.4, -0.2) is 18.7 Å². The highest BCUT2D eigenvalue weighted by Gasteiger charge is 2.02. The van der Waals surface area contributed by atoms with Crippen molar-refractivity contribution < 1.29 is 9.63 Å². The molecular weight excluding hydrogens is 332 g/mol. The first-order valence-electron chi connectivity index (χ1n) is 6.41. The summed E-state index contributed by atoms with van der Waals surface area (Å²) in [5.74, 6) is -0.255. The first-order valence-corrected chi connectivity index (χ1v) is 7.21. The van der Waals surface area contributed by atoms with Gasteiger partial charge in [-0.2, -0.15) is 0 Å². The van der Waals surface area contributed by atoms with E-state index in [0.717, 1.165) is 15.6 Å². The highest BCUT2D eigenvalue weighted by Crippen LogP contribution is 2.15. The van der Waals surface area contributed by atoms with Crippen molar-refractivity contribution in [2.75, 3.05) is 11.9 Å². The van der Waals surface area contributed by atoms with Crippen molar-refractivity contribution in [3.05, 3.63) is 64.1 Å². The Morgan fingerprint density at radius 2 is 2.10 bits per heavy atom. The topological polar surface area (TPSA) is 50.7 Å². The quantitative estimate of drug-likeness (QED) is 0.662. The van der Waals surface area contributed by atoms with E-state index in [1.807, 2.05) is 49.4 Å². The fraction of sp³-hybridized carbons (Fsp3) is 0.125. The Balaban J connectivity index is 1.81. The van der Waals surface area contributed by atoms with Crippen LogP contribution in [0.25, 0.3) is 0 Å². The van der Waals surface area contributed by atoms with Gasteiger partial charge in [-0.1, -0.05) is 51.4 Å². The van der Waals surface area contributed by atoms with E-state index < -0.39 is 0 Å². The molecule has 0 radical (unpaired) electrons. The van der Waals surface area contributed by atoms with Gasteiger partial charge in [-0.05, 0) is 36.2 Å². The molecule has 21 heavy (non-hydrogen) atoms. The summed E-state index contributed by atoms with van der Waals surface area (Å²) in [5, 5.41) is 6.53. The molecule has 0 aliphatic carbocycles. The molecular formula is C16H15BrN2O2. The van der Waals surface area contributed by atoms with Crippen LogP contribution in [-0.2, 0) is 9.63 Å². The summed E-state index contributed by atoms with van der Waals surface area (Å²) in [6, 6.07) is 15.2. The van der Waals surface area contributed by atoms with Crippen LogP contribution in [0.3, 0.4) is 0 Å². The number of hydrogen-bond donors (Lipinski definition) is 1. The number of carbonyl (C=O) groups excluding carboxylic acids is 1. The van der Waals surface area contributed by atoms with Gasteiger partial charge in [0.1, 0.15) is 0 Å². The van der Waals surface area contributed by atoms with Gasteiger partial charge >= 0.3 is 0 Å². The van der Waals surface area contributed by atoms with Crippen molar-refractivity contribution in [3.63, 3.8) is 0 Å². The summed E-state index contributed by atoms with van der Waals surface area (Å²) in [5.41, 5.74) is 2.77. The molecule has 2 aromatic carbocycles. The summed E-state index contributed by atoms with van der Waals surface area (Å²) >= 11 is 3.34. The largest absolute Gasteiger partial charge is 0.386 e.